The highest BCUT2D eigenvalue weighted by Gasteiger charge is 2.18. The van der Waals surface area contributed by atoms with Crippen LogP contribution in [-0.4, -0.2) is 22.9 Å². The molecule has 3 rings (SSSR count). The van der Waals surface area contributed by atoms with E-state index < -0.39 is 0 Å². The van der Waals surface area contributed by atoms with E-state index in [1.165, 1.54) is 17.3 Å². The first-order valence-corrected chi connectivity index (χ1v) is 5.97. The van der Waals surface area contributed by atoms with E-state index in [0.717, 1.165) is 17.6 Å². The lowest BCUT2D eigenvalue weighted by Crippen LogP contribution is -2.14. The molecule has 2 aromatic rings. The molecule has 1 unspecified atom stereocenters. The third-order valence-electron chi connectivity index (χ3n) is 2.94. The molecule has 0 radical (unpaired) electrons. The number of nitrogens with one attached hydrogen (secondary N) is 1. The summed E-state index contributed by atoms with van der Waals surface area (Å²) in [6.07, 6.45) is 3.12. The zero-order chi connectivity index (χ0) is 10.3. The Bertz CT molecular complexity index is 486. The zero-order valence-electron chi connectivity index (χ0n) is 8.28. The Balaban J connectivity index is 2.11. The number of nitrogens with zero attached hydrogens (tertiary/aromatic N) is 2. The minimum Gasteiger partial charge on any atom is -0.315 e. The van der Waals surface area contributed by atoms with Gasteiger partial charge in [0.15, 0.2) is 0 Å². The molecule has 2 heterocycles. The predicted octanol–water partition coefficient (Wildman–Crippen LogP) is 2.33. The number of fused-ring (bicyclic) bond motifs is 1. The summed E-state index contributed by atoms with van der Waals surface area (Å²) >= 11 is 3.48. The van der Waals surface area contributed by atoms with Crippen molar-refractivity contribution in [3.8, 4) is 0 Å². The van der Waals surface area contributed by atoms with Crippen molar-refractivity contribution in [2.45, 2.75) is 12.5 Å². The highest BCUT2D eigenvalue weighted by Crippen LogP contribution is 2.24. The van der Waals surface area contributed by atoms with Gasteiger partial charge in [-0.05, 0) is 31.2 Å². The third-order valence-corrected chi connectivity index (χ3v) is 3.43. The van der Waals surface area contributed by atoms with Crippen molar-refractivity contribution in [1.29, 1.82) is 0 Å². The maximum atomic E-state index is 4.47. The van der Waals surface area contributed by atoms with Crippen LogP contribution < -0.4 is 5.32 Å². The van der Waals surface area contributed by atoms with Gasteiger partial charge in [-0.1, -0.05) is 15.9 Å². The molecule has 78 valence electrons. The summed E-state index contributed by atoms with van der Waals surface area (Å²) in [7, 11) is 0. The lowest BCUT2D eigenvalue weighted by molar-refractivity contribution is 0.506. The van der Waals surface area contributed by atoms with E-state index in [9.17, 15) is 0 Å². The van der Waals surface area contributed by atoms with Gasteiger partial charge in [0.1, 0.15) is 0 Å². The molecule has 1 aromatic heterocycles. The Morgan fingerprint density at radius 1 is 1.47 bits per heavy atom. The van der Waals surface area contributed by atoms with Crippen LogP contribution in [0, 0.1) is 0 Å². The van der Waals surface area contributed by atoms with Gasteiger partial charge in [-0.15, -0.1) is 0 Å². The van der Waals surface area contributed by atoms with Crippen molar-refractivity contribution in [2.24, 2.45) is 0 Å². The van der Waals surface area contributed by atoms with Crippen LogP contribution in [0.25, 0.3) is 10.9 Å². The van der Waals surface area contributed by atoms with E-state index in [2.05, 4.69) is 49.2 Å². The standard InChI is InChI=1S/C11H12BrN3/c12-9-1-2-11-8(5-9)6-14-15(11)10-3-4-13-7-10/h1-2,5-6,10,13H,3-4,7H2. The van der Waals surface area contributed by atoms with Gasteiger partial charge in [-0.2, -0.15) is 5.10 Å². The Labute approximate surface area is 96.6 Å². The number of halogens is 1. The van der Waals surface area contributed by atoms with Gasteiger partial charge >= 0.3 is 0 Å². The van der Waals surface area contributed by atoms with E-state index in [-0.39, 0.29) is 0 Å². The van der Waals surface area contributed by atoms with Crippen molar-refractivity contribution in [3.05, 3.63) is 28.9 Å². The Kier molecular flexibility index (Phi) is 2.25. The molecule has 1 fully saturated rings. The summed E-state index contributed by atoms with van der Waals surface area (Å²) in [5, 5.41) is 9.05. The molecule has 1 aliphatic rings. The first kappa shape index (κ1) is 9.36. The molecule has 3 nitrogen and oxygen atoms in total. The molecular formula is C11H12BrN3. The summed E-state index contributed by atoms with van der Waals surface area (Å²) in [5.74, 6) is 0. The molecule has 15 heavy (non-hydrogen) atoms. The van der Waals surface area contributed by atoms with Crippen molar-refractivity contribution in [2.75, 3.05) is 13.1 Å². The monoisotopic (exact) mass is 265 g/mol. The quantitative estimate of drug-likeness (QED) is 0.858. The van der Waals surface area contributed by atoms with Crippen molar-refractivity contribution in [1.82, 2.24) is 15.1 Å². The summed E-state index contributed by atoms with van der Waals surface area (Å²) in [6.45, 7) is 2.13. The fourth-order valence-electron chi connectivity index (χ4n) is 2.16. The smallest absolute Gasteiger partial charge is 0.0687 e. The fraction of sp³-hybridized carbons (Fsp3) is 0.364. The average molecular weight is 266 g/mol. The Morgan fingerprint density at radius 3 is 3.20 bits per heavy atom. The SMILES string of the molecule is Brc1ccc2c(cnn2C2CCNC2)c1. The van der Waals surface area contributed by atoms with Gasteiger partial charge in [-0.3, -0.25) is 4.68 Å². The molecule has 0 saturated carbocycles. The summed E-state index contributed by atoms with van der Waals surface area (Å²) in [4.78, 5) is 0. The lowest BCUT2D eigenvalue weighted by atomic mass is 10.2. The van der Waals surface area contributed by atoms with Gasteiger partial charge in [0, 0.05) is 16.4 Å². The molecule has 0 spiro atoms. The molecular weight excluding hydrogens is 254 g/mol. The van der Waals surface area contributed by atoms with Gasteiger partial charge < -0.3 is 5.32 Å². The highest BCUT2D eigenvalue weighted by atomic mass is 79.9. The van der Waals surface area contributed by atoms with Crippen LogP contribution in [0.1, 0.15) is 12.5 Å². The van der Waals surface area contributed by atoms with E-state index in [4.69, 9.17) is 0 Å². The van der Waals surface area contributed by atoms with E-state index >= 15 is 0 Å². The van der Waals surface area contributed by atoms with Crippen LogP contribution in [0.5, 0.6) is 0 Å². The molecule has 1 N–H and O–H groups in total. The molecule has 1 atom stereocenters. The molecule has 1 aliphatic heterocycles. The van der Waals surface area contributed by atoms with Crippen LogP contribution in [0.2, 0.25) is 0 Å². The second-order valence-electron chi connectivity index (χ2n) is 3.94. The topological polar surface area (TPSA) is 29.9 Å². The van der Waals surface area contributed by atoms with E-state index in [1.807, 2.05) is 6.20 Å². The molecule has 1 saturated heterocycles. The Hall–Kier alpha value is -0.870. The molecule has 0 bridgehead atoms. The maximum Gasteiger partial charge on any atom is 0.0687 e. The maximum absolute atomic E-state index is 4.47. The average Bonchev–Trinajstić information content (AvgIpc) is 2.82. The second kappa shape index (κ2) is 3.61. The second-order valence-corrected chi connectivity index (χ2v) is 4.85. The highest BCUT2D eigenvalue weighted by molar-refractivity contribution is 9.10. The minimum atomic E-state index is 0.517. The van der Waals surface area contributed by atoms with E-state index in [0.29, 0.717) is 6.04 Å². The fourth-order valence-corrected chi connectivity index (χ4v) is 2.54. The van der Waals surface area contributed by atoms with Crippen molar-refractivity contribution < 1.29 is 0 Å². The first-order chi connectivity index (χ1) is 7.34. The zero-order valence-corrected chi connectivity index (χ0v) is 9.87. The minimum absolute atomic E-state index is 0.517. The first-order valence-electron chi connectivity index (χ1n) is 5.18. The number of rotatable bonds is 1. The van der Waals surface area contributed by atoms with Gasteiger partial charge in [-0.25, -0.2) is 0 Å². The van der Waals surface area contributed by atoms with Gasteiger partial charge in [0.05, 0.1) is 17.8 Å². The summed E-state index contributed by atoms with van der Waals surface area (Å²) in [6, 6.07) is 6.83. The van der Waals surface area contributed by atoms with Crippen LogP contribution in [0.15, 0.2) is 28.9 Å². The van der Waals surface area contributed by atoms with Crippen LogP contribution >= 0.6 is 15.9 Å². The normalized spacial score (nSPS) is 21.3. The molecule has 0 aliphatic carbocycles. The van der Waals surface area contributed by atoms with Crippen molar-refractivity contribution in [3.63, 3.8) is 0 Å². The third kappa shape index (κ3) is 1.58. The van der Waals surface area contributed by atoms with Crippen molar-refractivity contribution >= 4 is 26.8 Å². The van der Waals surface area contributed by atoms with E-state index in [1.54, 1.807) is 0 Å². The van der Waals surface area contributed by atoms with Crippen LogP contribution in [-0.2, 0) is 0 Å². The summed E-state index contributed by atoms with van der Waals surface area (Å²) < 4.78 is 3.25. The van der Waals surface area contributed by atoms with Crippen LogP contribution in [0.4, 0.5) is 0 Å². The Morgan fingerprint density at radius 2 is 2.40 bits per heavy atom. The number of aromatic nitrogens is 2. The molecule has 4 heteroatoms. The number of hydrogen-bond donors (Lipinski definition) is 1. The summed E-state index contributed by atoms with van der Waals surface area (Å²) in [5.41, 5.74) is 1.23. The number of benzene rings is 1. The van der Waals surface area contributed by atoms with Gasteiger partial charge in [0.2, 0.25) is 0 Å². The predicted molar refractivity (Wildman–Crippen MR) is 64.0 cm³/mol. The largest absolute Gasteiger partial charge is 0.315 e. The number of hydrogen-bond acceptors (Lipinski definition) is 2. The lowest BCUT2D eigenvalue weighted by Gasteiger charge is -2.10. The van der Waals surface area contributed by atoms with Crippen LogP contribution in [0.3, 0.4) is 0 Å². The molecule has 1 aromatic carbocycles. The molecule has 0 amide bonds. The van der Waals surface area contributed by atoms with Gasteiger partial charge in [0.25, 0.3) is 0 Å².